The summed E-state index contributed by atoms with van der Waals surface area (Å²) in [6, 6.07) is 5.78. The van der Waals surface area contributed by atoms with Gasteiger partial charge < -0.3 is 9.64 Å². The number of carbonyl (C=O) groups is 1. The van der Waals surface area contributed by atoms with Crippen LogP contribution in [0.1, 0.15) is 20.8 Å². The minimum absolute atomic E-state index is 0.0174. The molecule has 4 nitrogen and oxygen atoms in total. The van der Waals surface area contributed by atoms with Gasteiger partial charge in [0.15, 0.2) is 0 Å². The van der Waals surface area contributed by atoms with Crippen LogP contribution in [-0.2, 0) is 9.53 Å². The lowest BCUT2D eigenvalue weighted by Gasteiger charge is -2.39. The maximum absolute atomic E-state index is 11.7. The van der Waals surface area contributed by atoms with Crippen LogP contribution in [0.5, 0.6) is 0 Å². The Morgan fingerprint density at radius 2 is 2.12 bits per heavy atom. The Bertz CT molecular complexity index is 392. The van der Waals surface area contributed by atoms with E-state index < -0.39 is 5.60 Å². The molecule has 1 aromatic heterocycles. The second kappa shape index (κ2) is 4.35. The largest absolute Gasteiger partial charge is 0.460 e. The molecule has 92 valence electrons. The first-order valence-electron chi connectivity index (χ1n) is 5.84. The molecule has 1 aromatic rings. The smallest absolute Gasteiger partial charge is 0.313 e. The Kier molecular flexibility index (Phi) is 3.05. The van der Waals surface area contributed by atoms with Gasteiger partial charge in [0, 0.05) is 19.3 Å². The van der Waals surface area contributed by atoms with Gasteiger partial charge in [-0.15, -0.1) is 0 Å². The quantitative estimate of drug-likeness (QED) is 0.732. The van der Waals surface area contributed by atoms with Crippen molar-refractivity contribution < 1.29 is 9.53 Å². The van der Waals surface area contributed by atoms with E-state index in [0.717, 1.165) is 5.82 Å². The van der Waals surface area contributed by atoms with Crippen LogP contribution in [0.25, 0.3) is 0 Å². The summed E-state index contributed by atoms with van der Waals surface area (Å²) in [5.74, 6) is 0.799. The van der Waals surface area contributed by atoms with E-state index in [1.54, 1.807) is 6.20 Å². The molecule has 0 radical (unpaired) electrons. The predicted octanol–water partition coefficient (Wildman–Crippen LogP) is 1.86. The van der Waals surface area contributed by atoms with Crippen molar-refractivity contribution >= 4 is 11.8 Å². The second-order valence-electron chi connectivity index (χ2n) is 5.32. The van der Waals surface area contributed by atoms with E-state index in [9.17, 15) is 4.79 Å². The molecule has 2 heterocycles. The van der Waals surface area contributed by atoms with Crippen LogP contribution in [-0.4, -0.2) is 29.6 Å². The fourth-order valence-corrected chi connectivity index (χ4v) is 1.74. The summed E-state index contributed by atoms with van der Waals surface area (Å²) in [5.41, 5.74) is -0.400. The third-order valence-corrected chi connectivity index (χ3v) is 2.59. The highest BCUT2D eigenvalue weighted by Crippen LogP contribution is 2.24. The van der Waals surface area contributed by atoms with Gasteiger partial charge in [-0.3, -0.25) is 4.79 Å². The summed E-state index contributed by atoms with van der Waals surface area (Å²) in [5, 5.41) is 0. The summed E-state index contributed by atoms with van der Waals surface area (Å²) in [6.07, 6.45) is 1.76. The fraction of sp³-hybridized carbons (Fsp3) is 0.538. The zero-order valence-electron chi connectivity index (χ0n) is 10.5. The van der Waals surface area contributed by atoms with Crippen molar-refractivity contribution in [3.05, 3.63) is 24.4 Å². The number of aromatic nitrogens is 1. The molecule has 0 aliphatic carbocycles. The molecule has 1 aliphatic rings. The standard InChI is InChI=1S/C13H18N2O2/c1-13(2,3)17-12(16)10-8-15(9-10)11-6-4-5-7-14-11/h4-7,10H,8-9H2,1-3H3. The highest BCUT2D eigenvalue weighted by molar-refractivity contribution is 5.76. The minimum Gasteiger partial charge on any atom is -0.460 e. The molecular weight excluding hydrogens is 216 g/mol. The lowest BCUT2D eigenvalue weighted by atomic mass is 10.00. The number of esters is 1. The van der Waals surface area contributed by atoms with Gasteiger partial charge in [0.2, 0.25) is 0 Å². The van der Waals surface area contributed by atoms with Crippen molar-refractivity contribution in [2.24, 2.45) is 5.92 Å². The lowest BCUT2D eigenvalue weighted by molar-refractivity contribution is -0.160. The third kappa shape index (κ3) is 2.96. The number of pyridine rings is 1. The van der Waals surface area contributed by atoms with Gasteiger partial charge >= 0.3 is 5.97 Å². The van der Waals surface area contributed by atoms with E-state index in [-0.39, 0.29) is 11.9 Å². The molecule has 0 N–H and O–H groups in total. The Morgan fingerprint density at radius 3 is 2.65 bits per heavy atom. The van der Waals surface area contributed by atoms with Crippen molar-refractivity contribution in [2.75, 3.05) is 18.0 Å². The minimum atomic E-state index is -0.400. The fourth-order valence-electron chi connectivity index (χ4n) is 1.74. The molecule has 0 atom stereocenters. The Morgan fingerprint density at radius 1 is 1.41 bits per heavy atom. The van der Waals surface area contributed by atoms with Crippen LogP contribution in [0.2, 0.25) is 0 Å². The zero-order chi connectivity index (χ0) is 12.5. The average molecular weight is 234 g/mol. The van der Waals surface area contributed by atoms with E-state index >= 15 is 0 Å². The van der Waals surface area contributed by atoms with Crippen LogP contribution in [0.4, 0.5) is 5.82 Å². The number of anilines is 1. The van der Waals surface area contributed by atoms with E-state index in [4.69, 9.17) is 4.74 Å². The summed E-state index contributed by atoms with van der Waals surface area (Å²) in [4.78, 5) is 18.1. The molecule has 0 bridgehead atoms. The van der Waals surface area contributed by atoms with Crippen LogP contribution >= 0.6 is 0 Å². The number of rotatable bonds is 2. The van der Waals surface area contributed by atoms with Gasteiger partial charge in [-0.25, -0.2) is 4.98 Å². The molecule has 1 saturated heterocycles. The Balaban J connectivity index is 1.85. The SMILES string of the molecule is CC(C)(C)OC(=O)C1CN(c2ccccn2)C1. The van der Waals surface area contributed by atoms with Crippen LogP contribution in [0.15, 0.2) is 24.4 Å². The molecule has 0 spiro atoms. The van der Waals surface area contributed by atoms with E-state index in [1.165, 1.54) is 0 Å². The van der Waals surface area contributed by atoms with Gasteiger partial charge in [0.1, 0.15) is 11.4 Å². The average Bonchev–Trinajstić information content (AvgIpc) is 2.14. The molecule has 0 amide bonds. The highest BCUT2D eigenvalue weighted by Gasteiger charge is 2.36. The van der Waals surface area contributed by atoms with Crippen molar-refractivity contribution in [1.29, 1.82) is 0 Å². The summed E-state index contributed by atoms with van der Waals surface area (Å²) < 4.78 is 5.34. The molecule has 4 heteroatoms. The normalized spacial score (nSPS) is 16.5. The first-order chi connectivity index (χ1) is 7.96. The maximum atomic E-state index is 11.7. The van der Waals surface area contributed by atoms with Gasteiger partial charge in [-0.05, 0) is 32.9 Å². The second-order valence-corrected chi connectivity index (χ2v) is 5.32. The first-order valence-corrected chi connectivity index (χ1v) is 5.84. The molecule has 0 unspecified atom stereocenters. The number of nitrogens with zero attached hydrogens (tertiary/aromatic N) is 2. The lowest BCUT2D eigenvalue weighted by Crippen LogP contribution is -2.52. The van der Waals surface area contributed by atoms with Crippen molar-refractivity contribution in [3.63, 3.8) is 0 Å². The third-order valence-electron chi connectivity index (χ3n) is 2.59. The van der Waals surface area contributed by atoms with Crippen molar-refractivity contribution in [2.45, 2.75) is 26.4 Å². The number of hydrogen-bond donors (Lipinski definition) is 0. The van der Waals surface area contributed by atoms with E-state index in [2.05, 4.69) is 9.88 Å². The number of ether oxygens (including phenoxy) is 1. The summed E-state index contributed by atoms with van der Waals surface area (Å²) in [6.45, 7) is 7.07. The van der Waals surface area contributed by atoms with Crippen molar-refractivity contribution in [3.8, 4) is 0 Å². The molecular formula is C13H18N2O2. The highest BCUT2D eigenvalue weighted by atomic mass is 16.6. The molecule has 0 aromatic carbocycles. The molecule has 17 heavy (non-hydrogen) atoms. The van der Waals surface area contributed by atoms with Crippen LogP contribution < -0.4 is 4.90 Å². The van der Waals surface area contributed by atoms with Crippen LogP contribution in [0.3, 0.4) is 0 Å². The van der Waals surface area contributed by atoms with Crippen molar-refractivity contribution in [1.82, 2.24) is 4.98 Å². The van der Waals surface area contributed by atoms with E-state index in [0.29, 0.717) is 13.1 Å². The van der Waals surface area contributed by atoms with Crippen LogP contribution in [0, 0.1) is 5.92 Å². The Hall–Kier alpha value is -1.58. The van der Waals surface area contributed by atoms with E-state index in [1.807, 2.05) is 39.0 Å². The Labute approximate surface area is 102 Å². The molecule has 1 aliphatic heterocycles. The van der Waals surface area contributed by atoms with Gasteiger partial charge in [0.05, 0.1) is 5.92 Å². The zero-order valence-corrected chi connectivity index (χ0v) is 10.5. The maximum Gasteiger partial charge on any atom is 0.313 e. The number of hydrogen-bond acceptors (Lipinski definition) is 4. The summed E-state index contributed by atoms with van der Waals surface area (Å²) >= 11 is 0. The molecule has 0 saturated carbocycles. The first kappa shape index (κ1) is 11.9. The van der Waals surface area contributed by atoms with Gasteiger partial charge in [-0.2, -0.15) is 0 Å². The molecule has 2 rings (SSSR count). The topological polar surface area (TPSA) is 42.4 Å². The summed E-state index contributed by atoms with van der Waals surface area (Å²) in [7, 11) is 0. The van der Waals surface area contributed by atoms with Gasteiger partial charge in [0.25, 0.3) is 0 Å². The number of carbonyl (C=O) groups excluding carboxylic acids is 1. The monoisotopic (exact) mass is 234 g/mol. The predicted molar refractivity (Wildman–Crippen MR) is 65.8 cm³/mol. The molecule has 1 fully saturated rings. The van der Waals surface area contributed by atoms with Gasteiger partial charge in [-0.1, -0.05) is 6.07 Å².